The van der Waals surface area contributed by atoms with Crippen molar-refractivity contribution < 1.29 is 22.8 Å². The average Bonchev–Trinajstić information content (AvgIpc) is 2.81. The minimum absolute atomic E-state index is 0.161. The molecule has 1 aliphatic heterocycles. The topological polar surface area (TPSA) is 83.8 Å². The number of rotatable bonds is 4. The third kappa shape index (κ3) is 3.03. The Bertz CT molecular complexity index is 604. The molecule has 0 radical (unpaired) electrons. The highest BCUT2D eigenvalue weighted by molar-refractivity contribution is 7.85. The van der Waals surface area contributed by atoms with Crippen LogP contribution in [-0.2, 0) is 21.3 Å². The van der Waals surface area contributed by atoms with Crippen molar-refractivity contribution in [2.75, 3.05) is 13.2 Å². The number of aliphatic hydroxyl groups is 1. The van der Waals surface area contributed by atoms with E-state index in [2.05, 4.69) is 0 Å². The van der Waals surface area contributed by atoms with E-state index in [0.717, 1.165) is 5.56 Å². The molecule has 1 unspecified atom stereocenters. The Morgan fingerprint density at radius 3 is 2.68 bits per heavy atom. The zero-order valence-electron chi connectivity index (χ0n) is 10.5. The zero-order valence-corrected chi connectivity index (χ0v) is 11.4. The second kappa shape index (κ2) is 5.42. The molecule has 0 spiro atoms. The molecule has 104 valence electrons. The van der Waals surface area contributed by atoms with Gasteiger partial charge in [0.2, 0.25) is 0 Å². The van der Waals surface area contributed by atoms with E-state index >= 15 is 0 Å². The maximum atomic E-state index is 11.4. The van der Waals surface area contributed by atoms with Gasteiger partial charge in [0.15, 0.2) is 0 Å². The van der Waals surface area contributed by atoms with E-state index in [0.29, 0.717) is 17.7 Å². The quantitative estimate of drug-likeness (QED) is 0.645. The molecule has 2 rings (SSSR count). The van der Waals surface area contributed by atoms with E-state index in [1.54, 1.807) is 6.07 Å². The summed E-state index contributed by atoms with van der Waals surface area (Å²) in [6.45, 7) is 2.16. The van der Waals surface area contributed by atoms with Crippen molar-refractivity contribution in [1.82, 2.24) is 0 Å². The summed E-state index contributed by atoms with van der Waals surface area (Å²) >= 11 is 0. The van der Waals surface area contributed by atoms with Crippen molar-refractivity contribution in [2.45, 2.75) is 24.3 Å². The van der Waals surface area contributed by atoms with Gasteiger partial charge in [-0.3, -0.25) is 4.55 Å². The van der Waals surface area contributed by atoms with Gasteiger partial charge in [0.25, 0.3) is 10.1 Å². The molecule has 0 fully saturated rings. The first-order chi connectivity index (χ1) is 8.93. The Kier molecular flexibility index (Phi) is 4.05. The fraction of sp³-hybridized carbons (Fsp3) is 0.385. The van der Waals surface area contributed by atoms with Crippen LogP contribution in [0.4, 0.5) is 0 Å². The van der Waals surface area contributed by atoms with E-state index < -0.39 is 10.1 Å². The van der Waals surface area contributed by atoms with Gasteiger partial charge in [-0.05, 0) is 36.1 Å². The van der Waals surface area contributed by atoms with Crippen molar-refractivity contribution >= 4 is 10.1 Å². The third-order valence-corrected chi connectivity index (χ3v) is 4.03. The van der Waals surface area contributed by atoms with Crippen LogP contribution in [0.25, 0.3) is 0 Å². The summed E-state index contributed by atoms with van der Waals surface area (Å²) in [5, 5.41) is 8.97. The summed E-state index contributed by atoms with van der Waals surface area (Å²) in [6.07, 6.45) is 3.60. The first-order valence-electron chi connectivity index (χ1n) is 5.93. The highest BCUT2D eigenvalue weighted by Gasteiger charge is 2.22. The predicted octanol–water partition coefficient (Wildman–Crippen LogP) is 1.40. The van der Waals surface area contributed by atoms with Crippen LogP contribution in [0.3, 0.4) is 0 Å². The summed E-state index contributed by atoms with van der Waals surface area (Å²) < 4.78 is 37.6. The van der Waals surface area contributed by atoms with Crippen LogP contribution in [0, 0.1) is 6.92 Å². The lowest BCUT2D eigenvalue weighted by atomic mass is 9.99. The molecule has 0 aliphatic carbocycles. The summed E-state index contributed by atoms with van der Waals surface area (Å²) in [5.74, 6) is 0. The maximum Gasteiger partial charge on any atom is 0.294 e. The molecule has 1 aromatic carbocycles. The molecule has 1 aromatic rings. The number of ether oxygens (including phenoxy) is 1. The summed E-state index contributed by atoms with van der Waals surface area (Å²) in [7, 11) is -4.32. The van der Waals surface area contributed by atoms with Gasteiger partial charge < -0.3 is 9.84 Å². The molecule has 6 heteroatoms. The van der Waals surface area contributed by atoms with Gasteiger partial charge in [-0.1, -0.05) is 18.2 Å². The van der Waals surface area contributed by atoms with E-state index in [1.807, 2.05) is 19.1 Å². The Morgan fingerprint density at radius 2 is 2.16 bits per heavy atom. The van der Waals surface area contributed by atoms with Crippen LogP contribution in [0.2, 0.25) is 0 Å². The summed E-state index contributed by atoms with van der Waals surface area (Å²) in [6, 6.07) is 3.10. The van der Waals surface area contributed by atoms with Crippen LogP contribution in [-0.4, -0.2) is 31.3 Å². The molecule has 0 aromatic heterocycles. The van der Waals surface area contributed by atoms with Crippen molar-refractivity contribution in [3.8, 4) is 0 Å². The molecule has 1 aliphatic rings. The second-order valence-electron chi connectivity index (χ2n) is 4.45. The standard InChI is InChI=1S/C13H16O5S/c1-9-7-10(4-5-14)13(19(15,16)17)8-11(9)12-3-2-6-18-12/h2-3,7-8,12,14H,4-6H2,1H3,(H,15,16,17). The van der Waals surface area contributed by atoms with Gasteiger partial charge in [0.1, 0.15) is 6.10 Å². The molecule has 19 heavy (non-hydrogen) atoms. The Hall–Kier alpha value is -1.21. The molecular weight excluding hydrogens is 268 g/mol. The highest BCUT2D eigenvalue weighted by Crippen LogP contribution is 2.30. The van der Waals surface area contributed by atoms with Crippen molar-refractivity contribution in [2.24, 2.45) is 0 Å². The molecule has 1 heterocycles. The van der Waals surface area contributed by atoms with Gasteiger partial charge in [-0.25, -0.2) is 0 Å². The highest BCUT2D eigenvalue weighted by atomic mass is 32.2. The first kappa shape index (κ1) is 14.2. The minimum Gasteiger partial charge on any atom is -0.396 e. The lowest BCUT2D eigenvalue weighted by Crippen LogP contribution is -2.09. The molecule has 5 nitrogen and oxygen atoms in total. The number of benzene rings is 1. The monoisotopic (exact) mass is 284 g/mol. The van der Waals surface area contributed by atoms with Crippen LogP contribution in [0.1, 0.15) is 22.8 Å². The fourth-order valence-electron chi connectivity index (χ4n) is 2.21. The normalized spacial score (nSPS) is 19.0. The average molecular weight is 284 g/mol. The zero-order chi connectivity index (χ0) is 14.0. The molecule has 0 bridgehead atoms. The largest absolute Gasteiger partial charge is 0.396 e. The summed E-state index contributed by atoms with van der Waals surface area (Å²) in [5.41, 5.74) is 1.99. The van der Waals surface area contributed by atoms with Crippen molar-refractivity contribution in [3.63, 3.8) is 0 Å². The smallest absolute Gasteiger partial charge is 0.294 e. The Labute approximate surface area is 112 Å². The van der Waals surface area contributed by atoms with Crippen LogP contribution >= 0.6 is 0 Å². The van der Waals surface area contributed by atoms with E-state index in [-0.39, 0.29) is 24.0 Å². The lowest BCUT2D eigenvalue weighted by molar-refractivity contribution is 0.129. The maximum absolute atomic E-state index is 11.4. The lowest BCUT2D eigenvalue weighted by Gasteiger charge is -2.16. The van der Waals surface area contributed by atoms with E-state index in [9.17, 15) is 13.0 Å². The first-order valence-corrected chi connectivity index (χ1v) is 7.37. The molecule has 2 N–H and O–H groups in total. The van der Waals surface area contributed by atoms with Crippen LogP contribution in [0.5, 0.6) is 0 Å². The van der Waals surface area contributed by atoms with Crippen LogP contribution in [0.15, 0.2) is 29.2 Å². The Balaban J connectivity index is 2.55. The molecular formula is C13H16O5S. The number of hydrogen-bond acceptors (Lipinski definition) is 4. The number of aryl methyl sites for hydroxylation is 1. The van der Waals surface area contributed by atoms with Gasteiger partial charge in [0.05, 0.1) is 11.5 Å². The van der Waals surface area contributed by atoms with E-state index in [4.69, 9.17) is 9.84 Å². The molecule has 1 atom stereocenters. The molecule has 0 saturated carbocycles. The van der Waals surface area contributed by atoms with Crippen LogP contribution < -0.4 is 0 Å². The number of aliphatic hydroxyl groups excluding tert-OH is 1. The number of hydrogen-bond donors (Lipinski definition) is 2. The summed E-state index contributed by atoms with van der Waals surface area (Å²) in [4.78, 5) is -0.161. The molecule has 0 saturated heterocycles. The van der Waals surface area contributed by atoms with Crippen molar-refractivity contribution in [1.29, 1.82) is 0 Å². The van der Waals surface area contributed by atoms with Gasteiger partial charge in [-0.15, -0.1) is 0 Å². The minimum atomic E-state index is -4.32. The van der Waals surface area contributed by atoms with Crippen molar-refractivity contribution in [3.05, 3.63) is 41.0 Å². The van der Waals surface area contributed by atoms with Gasteiger partial charge in [-0.2, -0.15) is 8.42 Å². The third-order valence-electron chi connectivity index (χ3n) is 3.10. The fourth-order valence-corrected chi connectivity index (χ4v) is 2.98. The molecule has 0 amide bonds. The second-order valence-corrected chi connectivity index (χ2v) is 5.84. The van der Waals surface area contributed by atoms with E-state index in [1.165, 1.54) is 6.07 Å². The van der Waals surface area contributed by atoms with Gasteiger partial charge in [0, 0.05) is 6.61 Å². The predicted molar refractivity (Wildman–Crippen MR) is 69.6 cm³/mol. The Morgan fingerprint density at radius 1 is 1.42 bits per heavy atom. The SMILES string of the molecule is Cc1cc(CCO)c(S(=O)(=O)O)cc1C1C=CCO1. The van der Waals surface area contributed by atoms with Gasteiger partial charge >= 0.3 is 0 Å².